The number of rotatable bonds is 23. The summed E-state index contributed by atoms with van der Waals surface area (Å²) in [6.45, 7) is 15.3. The van der Waals surface area contributed by atoms with Crippen molar-refractivity contribution in [1.29, 1.82) is 10.5 Å². The first-order valence-electron chi connectivity index (χ1n) is 29.5. The van der Waals surface area contributed by atoms with E-state index in [1.54, 1.807) is 65.1 Å². The molecule has 0 saturated carbocycles. The van der Waals surface area contributed by atoms with Crippen LogP contribution >= 0.6 is 22.7 Å². The number of nitrogens with zero attached hydrogens (tertiary/aromatic N) is 12. The van der Waals surface area contributed by atoms with Crippen molar-refractivity contribution in [2.45, 2.75) is 117 Å². The largest absolute Gasteiger partial charge is 0.508 e. The Kier molecular flexibility index (Phi) is 20.3. The number of aliphatic carboxylic acids is 1. The molecule has 0 unspecified atom stereocenters. The van der Waals surface area contributed by atoms with E-state index in [1.807, 2.05) is 84.9 Å². The van der Waals surface area contributed by atoms with E-state index < -0.39 is 71.1 Å². The Bertz CT molecular complexity index is 4650. The number of aromatic nitrogens is 10. The van der Waals surface area contributed by atoms with Gasteiger partial charge >= 0.3 is 31.6 Å². The quantitative estimate of drug-likeness (QED) is 0.0465. The Morgan fingerprint density at radius 1 is 0.570 bits per heavy atom. The van der Waals surface area contributed by atoms with Crippen LogP contribution in [0.5, 0.6) is 11.5 Å². The molecular formula is C66H70N12O12S2Si. The van der Waals surface area contributed by atoms with Gasteiger partial charge in [-0.2, -0.15) is 30.9 Å². The van der Waals surface area contributed by atoms with Crippen LogP contribution in [0.1, 0.15) is 95.8 Å². The molecule has 482 valence electrons. The minimum Gasteiger partial charge on any atom is -0.508 e. The molecule has 0 amide bonds. The molecule has 1 N–H and O–H groups in total. The summed E-state index contributed by atoms with van der Waals surface area (Å²) in [5, 5.41) is 47.9. The lowest BCUT2D eigenvalue weighted by molar-refractivity contribution is -0.146. The van der Waals surface area contributed by atoms with Crippen molar-refractivity contribution in [2.24, 2.45) is 0 Å². The van der Waals surface area contributed by atoms with E-state index in [-0.39, 0.29) is 49.9 Å². The Morgan fingerprint density at radius 2 is 0.935 bits per heavy atom. The topological polar surface area (TPSA) is 298 Å². The molecule has 93 heavy (non-hydrogen) atoms. The van der Waals surface area contributed by atoms with E-state index in [4.69, 9.17) is 28.6 Å². The van der Waals surface area contributed by atoms with Gasteiger partial charge in [-0.3, -0.25) is 23.5 Å². The van der Waals surface area contributed by atoms with E-state index >= 15 is 9.59 Å². The molecule has 0 aliphatic rings. The van der Waals surface area contributed by atoms with Crippen LogP contribution in [0.25, 0.3) is 30.4 Å². The van der Waals surface area contributed by atoms with Gasteiger partial charge in [0.25, 0.3) is 11.1 Å². The van der Waals surface area contributed by atoms with E-state index in [9.17, 15) is 29.5 Å². The molecule has 10 aromatic rings. The summed E-state index contributed by atoms with van der Waals surface area (Å²) >= 11 is 2.33. The summed E-state index contributed by atoms with van der Waals surface area (Å²) in [7, 11) is -0.397. The Hall–Kier alpha value is -9.90. The monoisotopic (exact) mass is 1310 g/mol. The summed E-state index contributed by atoms with van der Waals surface area (Å²) in [5.41, 5.74) is -4.22. The number of thiophene rings is 2. The van der Waals surface area contributed by atoms with Gasteiger partial charge in [-0.25, -0.2) is 23.5 Å². The second kappa shape index (κ2) is 27.9. The highest BCUT2D eigenvalue weighted by atomic mass is 32.1. The van der Waals surface area contributed by atoms with Crippen molar-refractivity contribution in [3.05, 3.63) is 198 Å². The summed E-state index contributed by atoms with van der Waals surface area (Å²) < 4.78 is 35.0. The third-order valence-electron chi connectivity index (χ3n) is 16.1. The lowest BCUT2D eigenvalue weighted by atomic mass is 10.1. The van der Waals surface area contributed by atoms with Gasteiger partial charge in [-0.1, -0.05) is 141 Å². The Labute approximate surface area is 543 Å². The molecule has 0 fully saturated rings. The van der Waals surface area contributed by atoms with Crippen LogP contribution < -0.4 is 42.3 Å². The predicted molar refractivity (Wildman–Crippen MR) is 354 cm³/mol. The van der Waals surface area contributed by atoms with Gasteiger partial charge in [-0.05, 0) is 69.1 Å². The fraction of sp³-hybridized carbons (Fsp3) is 0.333. The van der Waals surface area contributed by atoms with Crippen LogP contribution in [0, 0.1) is 36.5 Å². The number of para-hydroxylation sites is 2. The highest BCUT2D eigenvalue weighted by Gasteiger charge is 2.55. The fourth-order valence-electron chi connectivity index (χ4n) is 11.3. The zero-order valence-electron chi connectivity index (χ0n) is 53.2. The molecule has 0 spiro atoms. The van der Waals surface area contributed by atoms with Gasteiger partial charge in [0.05, 0.1) is 101 Å². The number of hydrogen-bond donors (Lipinski definition) is 1. The molecule has 6 heterocycles. The number of fused-ring (bicyclic) bond motifs is 2. The third kappa shape index (κ3) is 12.9. The summed E-state index contributed by atoms with van der Waals surface area (Å²) in [6, 6.07) is 37.9. The molecular weight excluding hydrogens is 1250 g/mol. The van der Waals surface area contributed by atoms with Crippen molar-refractivity contribution >= 4 is 73.7 Å². The average molecular weight is 1320 g/mol. The lowest BCUT2D eigenvalue weighted by Crippen LogP contribution is -2.69. The van der Waals surface area contributed by atoms with Gasteiger partial charge < -0.3 is 28.5 Å². The van der Waals surface area contributed by atoms with Crippen molar-refractivity contribution in [1.82, 2.24) is 48.3 Å². The Balaban J connectivity index is 0.000000235. The first kappa shape index (κ1) is 67.5. The molecule has 24 nitrogen and oxygen atoms in total. The molecule has 2 atom stereocenters. The summed E-state index contributed by atoms with van der Waals surface area (Å²) in [5.74, 6) is -1.02. The van der Waals surface area contributed by atoms with E-state index in [1.165, 1.54) is 75.8 Å². The van der Waals surface area contributed by atoms with Crippen molar-refractivity contribution in [3.8, 4) is 33.6 Å². The third-order valence-corrected chi connectivity index (χ3v) is 23.6. The second-order valence-electron chi connectivity index (χ2n) is 23.6. The van der Waals surface area contributed by atoms with Gasteiger partial charge in [0, 0.05) is 22.3 Å². The molecule has 0 bridgehead atoms. The van der Waals surface area contributed by atoms with Gasteiger partial charge in [0.1, 0.15) is 54.4 Å². The van der Waals surface area contributed by atoms with Crippen LogP contribution in [-0.2, 0) is 47.7 Å². The standard InChI is InChI=1S/C41H44N6O6SSi.C25H26N6O6S/c1-28-34-35(48)46(41(5,6)38(49)53-55(40(2,3)4,29-17-10-8-11-18-29)30-19-12-9-13-20-30)39(50)45(37(34)54-36(28)47-43-24-25-44-47)27-33(52-26-16-23-42)31-21-14-15-22-32(31)51-7;1-15-19-20(32)30(25(2,3)23(33)34)24(35)29(22(19)38-21(15)31-27-11-12-28-31)14-18(37-13-7-10-26)16-8-5-6-9-17(16)36-4/h8-15,17-22,24-25,33H,16,26-27H2,1-7H3;5-6,8-9,11-12,18H,7,13-14H2,1-4H3,(H,33,34)/t33-;18-/m00/s1. The number of benzene rings is 4. The predicted octanol–water partition coefficient (Wildman–Crippen LogP) is 8.25. The maximum atomic E-state index is 15.1. The number of ether oxygens (including phenoxy) is 4. The average Bonchev–Trinajstić information content (AvgIpc) is 1.72. The first-order chi connectivity index (χ1) is 44.4. The molecule has 27 heteroatoms. The SMILES string of the molecule is COc1ccccc1[C@H](Cn1c(=O)n(C(C)(C)C(=O)O)c(=O)c2c(C)c(-n3nccn3)sc21)OCCC#N.COc1ccccc1[C@H](Cn1c(=O)n(C(C)(C)C(=O)O[Si](c2ccccc2)(c2ccccc2)C(C)(C)C)c(=O)c2c(C)c(-n3nccn3)sc21)OCCC#N. The molecule has 0 aliphatic heterocycles. The smallest absolute Gasteiger partial charge is 0.333 e. The number of carbonyl (C=O) groups is 2. The van der Waals surface area contributed by atoms with Crippen molar-refractivity contribution < 1.29 is 38.1 Å². The summed E-state index contributed by atoms with van der Waals surface area (Å²) in [4.78, 5) is 88.1. The van der Waals surface area contributed by atoms with Gasteiger partial charge in [0.2, 0.25) is 0 Å². The zero-order valence-corrected chi connectivity index (χ0v) is 55.9. The number of carboxylic acid groups (broad SMARTS) is 1. The molecule has 0 saturated heterocycles. The lowest BCUT2D eigenvalue weighted by Gasteiger charge is -2.43. The van der Waals surface area contributed by atoms with Crippen molar-refractivity contribution in [2.75, 3.05) is 27.4 Å². The van der Waals surface area contributed by atoms with E-state index in [0.29, 0.717) is 53.4 Å². The van der Waals surface area contributed by atoms with Crippen LogP contribution in [0.2, 0.25) is 5.04 Å². The zero-order chi connectivity index (χ0) is 67.2. The minimum absolute atomic E-state index is 0.0762. The maximum absolute atomic E-state index is 15.1. The highest BCUT2D eigenvalue weighted by Crippen LogP contribution is 2.40. The summed E-state index contributed by atoms with van der Waals surface area (Å²) in [6.07, 6.45) is 4.73. The van der Waals surface area contributed by atoms with Crippen LogP contribution in [0.3, 0.4) is 0 Å². The molecule has 6 aromatic heterocycles. The van der Waals surface area contributed by atoms with Crippen molar-refractivity contribution in [3.63, 3.8) is 0 Å². The number of methoxy groups -OCH3 is 2. The number of carbonyl (C=O) groups excluding carboxylic acids is 1. The van der Waals surface area contributed by atoms with E-state index in [2.05, 4.69) is 47.2 Å². The second-order valence-corrected chi connectivity index (χ2v) is 29.8. The first-order valence-corrected chi connectivity index (χ1v) is 33.1. The van der Waals surface area contributed by atoms with Gasteiger partial charge in [-0.15, -0.1) is 9.59 Å². The number of carboxylic acids is 1. The number of nitriles is 2. The number of hydrogen-bond acceptors (Lipinski definition) is 19. The highest BCUT2D eigenvalue weighted by molar-refractivity contribution is 7.21. The normalized spacial score (nSPS) is 12.6. The molecule has 0 radical (unpaired) electrons. The van der Waals surface area contributed by atoms with Gasteiger partial charge in [0.15, 0.2) is 0 Å². The van der Waals surface area contributed by atoms with Crippen LogP contribution in [0.15, 0.2) is 153 Å². The van der Waals surface area contributed by atoms with Crippen LogP contribution in [0.4, 0.5) is 0 Å². The minimum atomic E-state index is -3.45. The van der Waals surface area contributed by atoms with E-state index in [0.717, 1.165) is 30.8 Å². The molecule has 0 aliphatic carbocycles. The Morgan fingerprint density at radius 3 is 1.29 bits per heavy atom. The maximum Gasteiger partial charge on any atom is 0.333 e. The molecule has 4 aromatic carbocycles. The number of aryl methyl sites for hydroxylation is 2. The molecule has 10 rings (SSSR count). The van der Waals surface area contributed by atoms with Crippen LogP contribution in [-0.4, -0.2) is 101 Å². The fourth-order valence-corrected chi connectivity index (χ4v) is 18.2.